The lowest BCUT2D eigenvalue weighted by atomic mass is 9.94. The molecular weight excluding hydrogens is 160 g/mol. The van der Waals surface area contributed by atoms with Crippen molar-refractivity contribution in [3.05, 3.63) is 0 Å². The molecule has 0 heterocycles. The third-order valence-electron chi connectivity index (χ3n) is 2.15. The molecule has 0 aliphatic rings. The van der Waals surface area contributed by atoms with Crippen molar-refractivity contribution in [1.29, 1.82) is 0 Å². The average molecular weight is 186 g/mol. The largest absolute Gasteiger partial charge is 0.328 e. The van der Waals surface area contributed by atoms with Gasteiger partial charge in [-0.2, -0.15) is 0 Å². The maximum absolute atomic E-state index is 5.97. The third-order valence-corrected chi connectivity index (χ3v) is 2.15. The van der Waals surface area contributed by atoms with Crippen LogP contribution in [0, 0.1) is 11.8 Å². The Labute approximate surface area is 83.1 Å². The summed E-state index contributed by atoms with van der Waals surface area (Å²) in [5.74, 6) is 1.36. The van der Waals surface area contributed by atoms with Crippen molar-refractivity contribution < 1.29 is 0 Å². The molecule has 13 heavy (non-hydrogen) atoms. The molecule has 0 fully saturated rings. The maximum atomic E-state index is 5.97. The van der Waals surface area contributed by atoms with Gasteiger partial charge < -0.3 is 11.5 Å². The van der Waals surface area contributed by atoms with E-state index in [0.29, 0.717) is 11.8 Å². The molecule has 0 saturated heterocycles. The van der Waals surface area contributed by atoms with E-state index in [1.54, 1.807) is 0 Å². The van der Waals surface area contributed by atoms with Crippen LogP contribution in [0.25, 0.3) is 0 Å². The molecule has 2 nitrogen and oxygen atoms in total. The van der Waals surface area contributed by atoms with Crippen molar-refractivity contribution in [3.63, 3.8) is 0 Å². The van der Waals surface area contributed by atoms with Crippen molar-refractivity contribution in [2.24, 2.45) is 23.3 Å². The SMILES string of the molecule is CC(C)CC(N)CC(N)CC(C)C. The van der Waals surface area contributed by atoms with Gasteiger partial charge in [0, 0.05) is 12.1 Å². The Morgan fingerprint density at radius 2 is 1.00 bits per heavy atom. The van der Waals surface area contributed by atoms with Crippen LogP contribution in [0.1, 0.15) is 47.0 Å². The first-order valence-electron chi connectivity index (χ1n) is 5.43. The molecule has 0 amide bonds. The van der Waals surface area contributed by atoms with Gasteiger partial charge in [0.15, 0.2) is 0 Å². The molecule has 0 rings (SSSR count). The van der Waals surface area contributed by atoms with E-state index in [1.165, 1.54) is 0 Å². The second kappa shape index (κ2) is 6.39. The molecule has 4 N–H and O–H groups in total. The van der Waals surface area contributed by atoms with Crippen molar-refractivity contribution in [3.8, 4) is 0 Å². The van der Waals surface area contributed by atoms with Crippen LogP contribution in [-0.4, -0.2) is 12.1 Å². The summed E-state index contributed by atoms with van der Waals surface area (Å²) < 4.78 is 0. The monoisotopic (exact) mass is 186 g/mol. The van der Waals surface area contributed by atoms with Gasteiger partial charge in [-0.25, -0.2) is 0 Å². The summed E-state index contributed by atoms with van der Waals surface area (Å²) in [6.45, 7) is 8.81. The highest BCUT2D eigenvalue weighted by Gasteiger charge is 2.11. The van der Waals surface area contributed by atoms with Gasteiger partial charge in [-0.05, 0) is 31.1 Å². The van der Waals surface area contributed by atoms with Crippen LogP contribution in [-0.2, 0) is 0 Å². The molecule has 0 aliphatic carbocycles. The molecule has 0 aliphatic heterocycles. The minimum Gasteiger partial charge on any atom is -0.328 e. The molecule has 0 aromatic heterocycles. The van der Waals surface area contributed by atoms with Crippen LogP contribution in [0.3, 0.4) is 0 Å². The van der Waals surface area contributed by atoms with Crippen molar-refractivity contribution in [1.82, 2.24) is 0 Å². The van der Waals surface area contributed by atoms with E-state index in [4.69, 9.17) is 11.5 Å². The van der Waals surface area contributed by atoms with Gasteiger partial charge >= 0.3 is 0 Å². The van der Waals surface area contributed by atoms with Gasteiger partial charge in [0.05, 0.1) is 0 Å². The average Bonchev–Trinajstić information content (AvgIpc) is 1.80. The molecule has 0 spiro atoms. The summed E-state index contributed by atoms with van der Waals surface area (Å²) in [6.07, 6.45) is 3.15. The maximum Gasteiger partial charge on any atom is 0.00559 e. The molecule has 0 aromatic carbocycles. The highest BCUT2D eigenvalue weighted by atomic mass is 14.7. The van der Waals surface area contributed by atoms with Crippen LogP contribution in [0.4, 0.5) is 0 Å². The van der Waals surface area contributed by atoms with Crippen LogP contribution in [0.5, 0.6) is 0 Å². The molecule has 0 aromatic rings. The van der Waals surface area contributed by atoms with Crippen LogP contribution in [0.15, 0.2) is 0 Å². The van der Waals surface area contributed by atoms with Gasteiger partial charge in [-0.1, -0.05) is 27.7 Å². The first-order chi connectivity index (χ1) is 5.91. The van der Waals surface area contributed by atoms with E-state index < -0.39 is 0 Å². The molecule has 0 radical (unpaired) electrons. The lowest BCUT2D eigenvalue weighted by Gasteiger charge is -2.20. The third kappa shape index (κ3) is 8.26. The van der Waals surface area contributed by atoms with Crippen LogP contribution in [0.2, 0.25) is 0 Å². The van der Waals surface area contributed by atoms with Crippen LogP contribution < -0.4 is 11.5 Å². The zero-order chi connectivity index (χ0) is 10.4. The minimum absolute atomic E-state index is 0.286. The Balaban J connectivity index is 3.58. The normalized spacial score (nSPS) is 16.6. The first-order valence-corrected chi connectivity index (χ1v) is 5.43. The zero-order valence-electron chi connectivity index (χ0n) is 9.59. The van der Waals surface area contributed by atoms with Gasteiger partial charge in [-0.15, -0.1) is 0 Å². The number of hydrogen-bond acceptors (Lipinski definition) is 2. The van der Waals surface area contributed by atoms with E-state index >= 15 is 0 Å². The lowest BCUT2D eigenvalue weighted by Crippen LogP contribution is -2.33. The van der Waals surface area contributed by atoms with Crippen molar-refractivity contribution in [2.75, 3.05) is 0 Å². The van der Waals surface area contributed by atoms with Gasteiger partial charge in [0.25, 0.3) is 0 Å². The number of hydrogen-bond donors (Lipinski definition) is 2. The Morgan fingerprint density at radius 1 is 0.692 bits per heavy atom. The highest BCUT2D eigenvalue weighted by Crippen LogP contribution is 2.11. The quantitative estimate of drug-likeness (QED) is 0.667. The topological polar surface area (TPSA) is 52.0 Å². The van der Waals surface area contributed by atoms with Gasteiger partial charge in [0.1, 0.15) is 0 Å². The lowest BCUT2D eigenvalue weighted by molar-refractivity contribution is 0.400. The molecule has 2 atom stereocenters. The predicted octanol–water partition coefficient (Wildman–Crippen LogP) is 2.12. The van der Waals surface area contributed by atoms with Gasteiger partial charge in [0.2, 0.25) is 0 Å². The fourth-order valence-corrected chi connectivity index (χ4v) is 1.79. The smallest absolute Gasteiger partial charge is 0.00559 e. The molecule has 80 valence electrons. The minimum atomic E-state index is 0.286. The predicted molar refractivity (Wildman–Crippen MR) is 59.5 cm³/mol. The summed E-state index contributed by atoms with van der Waals surface area (Å²) in [5.41, 5.74) is 11.9. The van der Waals surface area contributed by atoms with Crippen molar-refractivity contribution >= 4 is 0 Å². The highest BCUT2D eigenvalue weighted by molar-refractivity contribution is 4.72. The second-order valence-corrected chi connectivity index (χ2v) is 5.01. The molecular formula is C11H26N2. The standard InChI is InChI=1S/C11H26N2/c1-8(2)5-10(12)7-11(13)6-9(3)4/h8-11H,5-7,12-13H2,1-4H3. The Hall–Kier alpha value is -0.0800. The van der Waals surface area contributed by atoms with E-state index in [0.717, 1.165) is 19.3 Å². The van der Waals surface area contributed by atoms with Crippen molar-refractivity contribution in [2.45, 2.75) is 59.0 Å². The summed E-state index contributed by atoms with van der Waals surface area (Å²) in [6, 6.07) is 0.572. The van der Waals surface area contributed by atoms with Gasteiger partial charge in [-0.3, -0.25) is 0 Å². The van der Waals surface area contributed by atoms with E-state index in [-0.39, 0.29) is 12.1 Å². The Bertz CT molecular complexity index is 107. The second-order valence-electron chi connectivity index (χ2n) is 5.01. The van der Waals surface area contributed by atoms with E-state index in [9.17, 15) is 0 Å². The molecule has 0 bridgehead atoms. The summed E-state index contributed by atoms with van der Waals surface area (Å²) in [4.78, 5) is 0. The molecule has 2 unspecified atom stereocenters. The van der Waals surface area contributed by atoms with E-state index in [1.807, 2.05) is 0 Å². The van der Waals surface area contributed by atoms with Crippen LogP contribution >= 0.6 is 0 Å². The summed E-state index contributed by atoms with van der Waals surface area (Å²) >= 11 is 0. The Morgan fingerprint density at radius 3 is 1.23 bits per heavy atom. The number of nitrogens with two attached hydrogens (primary N) is 2. The summed E-state index contributed by atoms with van der Waals surface area (Å²) in [5, 5.41) is 0. The summed E-state index contributed by atoms with van der Waals surface area (Å²) in [7, 11) is 0. The Kier molecular flexibility index (Phi) is 6.35. The van der Waals surface area contributed by atoms with E-state index in [2.05, 4.69) is 27.7 Å². The first kappa shape index (κ1) is 12.9. The fraction of sp³-hybridized carbons (Fsp3) is 1.00. The molecule has 0 saturated carbocycles. The number of rotatable bonds is 6. The zero-order valence-corrected chi connectivity index (χ0v) is 9.59. The molecule has 2 heteroatoms. The fourth-order valence-electron chi connectivity index (χ4n) is 1.79.